The third kappa shape index (κ3) is 3.17. The molecule has 0 bridgehead atoms. The fourth-order valence-electron chi connectivity index (χ4n) is 2.95. The molecule has 3 N–H and O–H groups in total. The first kappa shape index (κ1) is 16.9. The van der Waals surface area contributed by atoms with Gasteiger partial charge in [0, 0.05) is 11.3 Å². The standard InChI is InChI=1S/C18H22N6O/c1-5-13-12(4)17(22-21-13)18-20-16(9-15(19)25)23-24(18)14-7-6-10(2)8-11(14)3/h6-8H,5,9H2,1-4H3,(H2,19,25)(H,21,22). The van der Waals surface area contributed by atoms with Crippen molar-refractivity contribution < 1.29 is 4.79 Å². The summed E-state index contributed by atoms with van der Waals surface area (Å²) in [7, 11) is 0. The number of rotatable bonds is 5. The third-order valence-corrected chi connectivity index (χ3v) is 4.24. The van der Waals surface area contributed by atoms with Gasteiger partial charge < -0.3 is 5.73 Å². The molecule has 3 rings (SSSR count). The number of hydrogen-bond acceptors (Lipinski definition) is 4. The number of carbonyl (C=O) groups is 1. The van der Waals surface area contributed by atoms with E-state index in [-0.39, 0.29) is 6.42 Å². The minimum absolute atomic E-state index is 0.00495. The van der Waals surface area contributed by atoms with Gasteiger partial charge in [-0.2, -0.15) is 10.2 Å². The topological polar surface area (TPSA) is 102 Å². The highest BCUT2D eigenvalue weighted by atomic mass is 16.1. The van der Waals surface area contributed by atoms with E-state index in [2.05, 4.69) is 33.3 Å². The van der Waals surface area contributed by atoms with Crippen LogP contribution in [0.2, 0.25) is 0 Å². The summed E-state index contributed by atoms with van der Waals surface area (Å²) in [5, 5.41) is 12.0. The summed E-state index contributed by atoms with van der Waals surface area (Å²) in [6.07, 6.45) is 0.847. The second-order valence-electron chi connectivity index (χ2n) is 6.23. The van der Waals surface area contributed by atoms with Gasteiger partial charge in [0.05, 0.1) is 12.1 Å². The van der Waals surface area contributed by atoms with Crippen LogP contribution in [0.1, 0.15) is 35.1 Å². The minimum Gasteiger partial charge on any atom is -0.369 e. The van der Waals surface area contributed by atoms with Gasteiger partial charge in [0.1, 0.15) is 5.69 Å². The van der Waals surface area contributed by atoms with Gasteiger partial charge in [-0.1, -0.05) is 24.6 Å². The number of H-pyrrole nitrogens is 1. The van der Waals surface area contributed by atoms with Gasteiger partial charge in [-0.25, -0.2) is 9.67 Å². The quantitative estimate of drug-likeness (QED) is 0.744. The van der Waals surface area contributed by atoms with Crippen molar-refractivity contribution in [3.05, 3.63) is 46.4 Å². The van der Waals surface area contributed by atoms with Gasteiger partial charge in [-0.3, -0.25) is 9.89 Å². The Labute approximate surface area is 146 Å². The number of primary amides is 1. The molecular formula is C18H22N6O. The van der Waals surface area contributed by atoms with Gasteiger partial charge >= 0.3 is 0 Å². The van der Waals surface area contributed by atoms with Crippen LogP contribution in [-0.2, 0) is 17.6 Å². The smallest absolute Gasteiger partial charge is 0.225 e. The molecule has 0 unspecified atom stereocenters. The van der Waals surface area contributed by atoms with Gasteiger partial charge in [-0.05, 0) is 38.8 Å². The van der Waals surface area contributed by atoms with Crippen molar-refractivity contribution >= 4 is 5.91 Å². The molecule has 0 radical (unpaired) electrons. The van der Waals surface area contributed by atoms with E-state index >= 15 is 0 Å². The highest BCUT2D eigenvalue weighted by molar-refractivity contribution is 5.76. The van der Waals surface area contributed by atoms with Gasteiger partial charge in [0.25, 0.3) is 0 Å². The zero-order valence-corrected chi connectivity index (χ0v) is 14.9. The Hall–Kier alpha value is -2.96. The maximum absolute atomic E-state index is 11.3. The molecule has 0 aliphatic rings. The molecule has 0 atom stereocenters. The Bertz CT molecular complexity index is 937. The van der Waals surface area contributed by atoms with E-state index in [1.54, 1.807) is 4.68 Å². The fraction of sp³-hybridized carbons (Fsp3) is 0.333. The molecule has 3 aromatic rings. The molecule has 0 saturated heterocycles. The Morgan fingerprint density at radius 1 is 1.28 bits per heavy atom. The van der Waals surface area contributed by atoms with Gasteiger partial charge in [0.2, 0.25) is 5.91 Å². The predicted molar refractivity (Wildman–Crippen MR) is 95.4 cm³/mol. The second kappa shape index (κ2) is 6.51. The first-order valence-electron chi connectivity index (χ1n) is 8.26. The van der Waals surface area contributed by atoms with E-state index < -0.39 is 5.91 Å². The largest absolute Gasteiger partial charge is 0.369 e. The van der Waals surface area contributed by atoms with Crippen LogP contribution < -0.4 is 5.73 Å². The van der Waals surface area contributed by atoms with Crippen LogP contribution in [0, 0.1) is 20.8 Å². The molecule has 130 valence electrons. The zero-order chi connectivity index (χ0) is 18.1. The second-order valence-corrected chi connectivity index (χ2v) is 6.23. The van der Waals surface area contributed by atoms with E-state index in [1.807, 2.05) is 32.9 Å². The molecule has 2 aromatic heterocycles. The Morgan fingerprint density at radius 3 is 2.64 bits per heavy atom. The summed E-state index contributed by atoms with van der Waals surface area (Å²) >= 11 is 0. The molecule has 1 amide bonds. The summed E-state index contributed by atoms with van der Waals surface area (Å²) in [4.78, 5) is 15.8. The van der Waals surface area contributed by atoms with E-state index in [0.29, 0.717) is 11.6 Å². The number of aromatic nitrogens is 5. The average Bonchev–Trinajstić information content (AvgIpc) is 3.10. The highest BCUT2D eigenvalue weighted by Crippen LogP contribution is 2.26. The number of aromatic amines is 1. The maximum atomic E-state index is 11.3. The molecule has 0 aliphatic heterocycles. The number of carbonyl (C=O) groups excluding carboxylic acids is 1. The normalized spacial score (nSPS) is 11.0. The van der Waals surface area contributed by atoms with Crippen LogP contribution >= 0.6 is 0 Å². The van der Waals surface area contributed by atoms with Crippen molar-refractivity contribution in [3.63, 3.8) is 0 Å². The molecule has 0 spiro atoms. The lowest BCUT2D eigenvalue weighted by Crippen LogP contribution is -2.14. The van der Waals surface area contributed by atoms with E-state index in [4.69, 9.17) is 5.73 Å². The Balaban J connectivity index is 2.20. The minimum atomic E-state index is -0.461. The average molecular weight is 338 g/mol. The van der Waals surface area contributed by atoms with Gasteiger partial charge in [-0.15, -0.1) is 0 Å². The number of benzene rings is 1. The molecular weight excluding hydrogens is 316 g/mol. The monoisotopic (exact) mass is 338 g/mol. The highest BCUT2D eigenvalue weighted by Gasteiger charge is 2.21. The molecule has 7 heteroatoms. The van der Waals surface area contributed by atoms with E-state index in [1.165, 1.54) is 5.56 Å². The lowest BCUT2D eigenvalue weighted by Gasteiger charge is -2.09. The number of hydrogen-bond donors (Lipinski definition) is 2. The summed E-state index contributed by atoms with van der Waals surface area (Å²) < 4.78 is 1.75. The number of nitrogens with zero attached hydrogens (tertiary/aromatic N) is 4. The lowest BCUT2D eigenvalue weighted by molar-refractivity contribution is -0.117. The molecule has 0 aliphatic carbocycles. The van der Waals surface area contributed by atoms with Crippen LogP contribution in [0.15, 0.2) is 18.2 Å². The number of nitrogens with one attached hydrogen (secondary N) is 1. The molecule has 1 aromatic carbocycles. The van der Waals surface area contributed by atoms with E-state index in [9.17, 15) is 4.79 Å². The maximum Gasteiger partial charge on any atom is 0.225 e. The SMILES string of the molecule is CCc1[nH]nc(-c2nc(CC(N)=O)nn2-c2ccc(C)cc2C)c1C. The van der Waals surface area contributed by atoms with Crippen LogP contribution in [0.3, 0.4) is 0 Å². The van der Waals surface area contributed by atoms with Gasteiger partial charge in [0.15, 0.2) is 11.6 Å². The zero-order valence-electron chi connectivity index (χ0n) is 14.9. The number of aryl methyl sites for hydroxylation is 3. The molecule has 0 fully saturated rings. The van der Waals surface area contributed by atoms with Crippen molar-refractivity contribution in [3.8, 4) is 17.2 Å². The van der Waals surface area contributed by atoms with E-state index in [0.717, 1.165) is 34.6 Å². The lowest BCUT2D eigenvalue weighted by atomic mass is 10.1. The van der Waals surface area contributed by atoms with Crippen molar-refractivity contribution in [1.82, 2.24) is 25.0 Å². The van der Waals surface area contributed by atoms with Crippen molar-refractivity contribution in [2.24, 2.45) is 5.73 Å². The Kier molecular flexibility index (Phi) is 4.39. The fourth-order valence-corrected chi connectivity index (χ4v) is 2.95. The van der Waals surface area contributed by atoms with Crippen LogP contribution in [0.25, 0.3) is 17.2 Å². The first-order valence-corrected chi connectivity index (χ1v) is 8.26. The summed E-state index contributed by atoms with van der Waals surface area (Å²) in [6, 6.07) is 6.11. The Morgan fingerprint density at radius 2 is 2.04 bits per heavy atom. The van der Waals surface area contributed by atoms with Crippen molar-refractivity contribution in [1.29, 1.82) is 0 Å². The summed E-state index contributed by atoms with van der Waals surface area (Å²) in [5.74, 6) is 0.539. The molecule has 25 heavy (non-hydrogen) atoms. The molecule has 7 nitrogen and oxygen atoms in total. The first-order chi connectivity index (χ1) is 11.9. The van der Waals surface area contributed by atoms with Crippen LogP contribution in [0.5, 0.6) is 0 Å². The van der Waals surface area contributed by atoms with Crippen molar-refractivity contribution in [2.45, 2.75) is 40.5 Å². The molecule has 0 saturated carbocycles. The number of nitrogens with two attached hydrogens (primary N) is 1. The molecule has 2 heterocycles. The summed E-state index contributed by atoms with van der Waals surface area (Å²) in [6.45, 7) is 8.14. The predicted octanol–water partition coefficient (Wildman–Crippen LogP) is 2.17. The van der Waals surface area contributed by atoms with Crippen LogP contribution in [-0.4, -0.2) is 30.9 Å². The number of amides is 1. The third-order valence-electron chi connectivity index (χ3n) is 4.24. The van der Waals surface area contributed by atoms with Crippen molar-refractivity contribution in [2.75, 3.05) is 0 Å². The summed E-state index contributed by atoms with van der Waals surface area (Å²) in [5.41, 5.74) is 11.3. The van der Waals surface area contributed by atoms with Crippen LogP contribution in [0.4, 0.5) is 0 Å².